The van der Waals surface area contributed by atoms with E-state index in [4.69, 9.17) is 27.9 Å². The number of nitrogens with zero attached hydrogens (tertiary/aromatic N) is 2. The van der Waals surface area contributed by atoms with Crippen LogP contribution in [0.2, 0.25) is 10.0 Å². The van der Waals surface area contributed by atoms with Crippen LogP contribution < -0.4 is 14.4 Å². The molecule has 1 heterocycles. The van der Waals surface area contributed by atoms with E-state index >= 15 is 0 Å². The summed E-state index contributed by atoms with van der Waals surface area (Å²) in [6.45, 7) is 4.22. The van der Waals surface area contributed by atoms with Gasteiger partial charge in [0.05, 0.1) is 9.92 Å². The zero-order valence-corrected chi connectivity index (χ0v) is 21.4. The van der Waals surface area contributed by atoms with Gasteiger partial charge in [0.25, 0.3) is 15.9 Å². The summed E-state index contributed by atoms with van der Waals surface area (Å²) in [5.74, 6) is 0.0800. The number of carbonyl (C=O) groups excluding carboxylic acids is 1. The van der Waals surface area contributed by atoms with Crippen molar-refractivity contribution in [1.82, 2.24) is 4.90 Å². The molecule has 0 aromatic heterocycles. The molecule has 0 unspecified atom stereocenters. The summed E-state index contributed by atoms with van der Waals surface area (Å²) in [4.78, 5) is 16.6. The van der Waals surface area contributed by atoms with E-state index in [9.17, 15) is 13.2 Å². The fourth-order valence-corrected chi connectivity index (χ4v) is 5.29. The molecule has 7 nitrogen and oxygen atoms in total. The van der Waals surface area contributed by atoms with E-state index in [1.165, 1.54) is 18.2 Å². The minimum atomic E-state index is -3.82. The van der Waals surface area contributed by atoms with Crippen molar-refractivity contribution in [3.05, 3.63) is 82.3 Å². The maximum Gasteiger partial charge on any atom is 0.261 e. The number of ether oxygens (including phenoxy) is 1. The van der Waals surface area contributed by atoms with Gasteiger partial charge in [0.15, 0.2) is 6.61 Å². The van der Waals surface area contributed by atoms with Crippen molar-refractivity contribution < 1.29 is 17.9 Å². The lowest BCUT2D eigenvalue weighted by atomic mass is 10.2. The predicted octanol–water partition coefficient (Wildman–Crippen LogP) is 4.83. The lowest BCUT2D eigenvalue weighted by Crippen LogP contribution is -2.50. The van der Waals surface area contributed by atoms with Crippen molar-refractivity contribution in [3.63, 3.8) is 0 Å². The Hall–Kier alpha value is -2.94. The van der Waals surface area contributed by atoms with E-state index in [1.54, 1.807) is 17.0 Å². The quantitative estimate of drug-likeness (QED) is 0.470. The molecule has 4 rings (SSSR count). The van der Waals surface area contributed by atoms with E-state index in [0.29, 0.717) is 36.9 Å². The van der Waals surface area contributed by atoms with Crippen LogP contribution in [0.4, 0.5) is 11.4 Å². The number of hydrogen-bond acceptors (Lipinski definition) is 5. The highest BCUT2D eigenvalue weighted by Crippen LogP contribution is 2.28. The van der Waals surface area contributed by atoms with Crippen molar-refractivity contribution >= 4 is 50.5 Å². The number of sulfonamides is 1. The van der Waals surface area contributed by atoms with Crippen LogP contribution in [0.5, 0.6) is 5.75 Å². The van der Waals surface area contributed by atoms with E-state index in [-0.39, 0.29) is 28.2 Å². The summed E-state index contributed by atoms with van der Waals surface area (Å²) in [7, 11) is -3.82. The van der Waals surface area contributed by atoms with Crippen LogP contribution in [0.1, 0.15) is 5.56 Å². The molecular weight excluding hydrogens is 509 g/mol. The van der Waals surface area contributed by atoms with Crippen LogP contribution in [0.15, 0.2) is 71.6 Å². The fraction of sp³-hybridized carbons (Fsp3) is 0.240. The molecule has 1 saturated heterocycles. The zero-order chi connectivity index (χ0) is 25.0. The molecule has 10 heteroatoms. The number of piperazine rings is 1. The molecule has 1 aliphatic rings. The van der Waals surface area contributed by atoms with E-state index in [0.717, 1.165) is 11.3 Å². The number of aryl methyl sites for hydroxylation is 1. The van der Waals surface area contributed by atoms with Crippen molar-refractivity contribution in [2.24, 2.45) is 0 Å². The molecule has 184 valence electrons. The highest BCUT2D eigenvalue weighted by Gasteiger charge is 2.22. The van der Waals surface area contributed by atoms with Gasteiger partial charge in [-0.1, -0.05) is 47.0 Å². The number of rotatable bonds is 7. The number of halogens is 2. The maximum atomic E-state index is 12.7. The minimum Gasteiger partial charge on any atom is -0.482 e. The van der Waals surface area contributed by atoms with Gasteiger partial charge in [-0.25, -0.2) is 8.42 Å². The summed E-state index contributed by atoms with van der Waals surface area (Å²) in [6.07, 6.45) is 0. The first-order valence-corrected chi connectivity index (χ1v) is 13.3. The number of nitrogens with one attached hydrogen (secondary N) is 1. The molecule has 1 N–H and O–H groups in total. The Labute approximate surface area is 215 Å². The third-order valence-electron chi connectivity index (χ3n) is 5.67. The third-order valence-corrected chi connectivity index (χ3v) is 7.58. The molecule has 0 radical (unpaired) electrons. The maximum absolute atomic E-state index is 12.7. The van der Waals surface area contributed by atoms with Gasteiger partial charge in [0, 0.05) is 42.6 Å². The molecule has 1 aliphatic heterocycles. The summed E-state index contributed by atoms with van der Waals surface area (Å²) < 4.78 is 33.5. The predicted molar refractivity (Wildman–Crippen MR) is 139 cm³/mol. The van der Waals surface area contributed by atoms with Gasteiger partial charge in [-0.15, -0.1) is 0 Å². The van der Waals surface area contributed by atoms with Crippen LogP contribution in [-0.2, 0) is 14.8 Å². The number of anilines is 2. The largest absolute Gasteiger partial charge is 0.482 e. The number of carbonyl (C=O) groups is 1. The molecule has 0 saturated carbocycles. The molecule has 0 aliphatic carbocycles. The molecule has 3 aromatic carbocycles. The topological polar surface area (TPSA) is 78.9 Å². The first-order valence-electron chi connectivity index (χ1n) is 11.0. The monoisotopic (exact) mass is 533 g/mol. The molecular formula is C25H25Cl2N3O4S. The van der Waals surface area contributed by atoms with Gasteiger partial charge in [-0.05, 0) is 55.5 Å². The van der Waals surface area contributed by atoms with Crippen LogP contribution in [0, 0.1) is 6.92 Å². The number of amides is 1. The Balaban J connectivity index is 1.32. The first-order chi connectivity index (χ1) is 16.7. The standard InChI is InChI=1S/C25H25Cl2N3O4S/c1-18-5-7-20(8-6-18)28-35(32,33)22-9-10-24(23(27)16-22)34-17-25(31)30-13-11-29(12-14-30)21-4-2-3-19(26)15-21/h2-10,15-16,28H,11-14,17H2,1H3. The normalized spacial score (nSPS) is 14.0. The van der Waals surface area contributed by atoms with E-state index in [1.807, 2.05) is 43.3 Å². The molecule has 3 aromatic rings. The lowest BCUT2D eigenvalue weighted by molar-refractivity contribution is -0.133. The molecule has 0 spiro atoms. The average Bonchev–Trinajstić information content (AvgIpc) is 2.84. The number of hydrogen-bond donors (Lipinski definition) is 1. The molecule has 0 atom stereocenters. The Bertz CT molecular complexity index is 1310. The minimum absolute atomic E-state index is 0.00103. The van der Waals surface area contributed by atoms with Gasteiger partial charge in [-0.3, -0.25) is 9.52 Å². The van der Waals surface area contributed by atoms with Crippen LogP contribution in [0.25, 0.3) is 0 Å². The van der Waals surface area contributed by atoms with Gasteiger partial charge < -0.3 is 14.5 Å². The van der Waals surface area contributed by atoms with Crippen molar-refractivity contribution in [2.75, 3.05) is 42.4 Å². The van der Waals surface area contributed by atoms with Gasteiger partial charge in [0.2, 0.25) is 0 Å². The summed E-state index contributed by atoms with van der Waals surface area (Å²) in [6, 6.07) is 18.8. The van der Waals surface area contributed by atoms with Crippen LogP contribution in [-0.4, -0.2) is 52.0 Å². The summed E-state index contributed by atoms with van der Waals surface area (Å²) in [5.41, 5.74) is 2.50. The Morgan fingerprint density at radius 1 is 0.971 bits per heavy atom. The average molecular weight is 534 g/mol. The van der Waals surface area contributed by atoms with Crippen molar-refractivity contribution in [2.45, 2.75) is 11.8 Å². The smallest absolute Gasteiger partial charge is 0.261 e. The Kier molecular flexibility index (Phi) is 7.74. The van der Waals surface area contributed by atoms with Crippen LogP contribution in [0.3, 0.4) is 0 Å². The fourth-order valence-electron chi connectivity index (χ4n) is 3.72. The Morgan fingerprint density at radius 2 is 1.69 bits per heavy atom. The zero-order valence-electron chi connectivity index (χ0n) is 19.1. The van der Waals surface area contributed by atoms with Gasteiger partial charge in [-0.2, -0.15) is 0 Å². The first kappa shape index (κ1) is 25.2. The van der Waals surface area contributed by atoms with E-state index < -0.39 is 10.0 Å². The second kappa shape index (κ2) is 10.8. The molecule has 1 fully saturated rings. The molecule has 0 bridgehead atoms. The summed E-state index contributed by atoms with van der Waals surface area (Å²) in [5, 5.41) is 0.784. The van der Waals surface area contributed by atoms with Gasteiger partial charge in [0.1, 0.15) is 5.75 Å². The lowest BCUT2D eigenvalue weighted by Gasteiger charge is -2.36. The number of benzene rings is 3. The van der Waals surface area contributed by atoms with Crippen LogP contribution >= 0.6 is 23.2 Å². The highest BCUT2D eigenvalue weighted by molar-refractivity contribution is 7.92. The SMILES string of the molecule is Cc1ccc(NS(=O)(=O)c2ccc(OCC(=O)N3CCN(c4cccc(Cl)c4)CC3)c(Cl)c2)cc1. The van der Waals surface area contributed by atoms with Gasteiger partial charge >= 0.3 is 0 Å². The second-order valence-corrected chi connectivity index (χ2v) is 10.7. The molecule has 35 heavy (non-hydrogen) atoms. The molecule has 1 amide bonds. The second-order valence-electron chi connectivity index (χ2n) is 8.20. The van der Waals surface area contributed by atoms with Crippen molar-refractivity contribution in [1.29, 1.82) is 0 Å². The summed E-state index contributed by atoms with van der Waals surface area (Å²) >= 11 is 12.3. The third kappa shape index (κ3) is 6.39. The van der Waals surface area contributed by atoms with E-state index in [2.05, 4.69) is 9.62 Å². The van der Waals surface area contributed by atoms with Crippen molar-refractivity contribution in [3.8, 4) is 5.75 Å². The Morgan fingerprint density at radius 3 is 2.34 bits per heavy atom. The highest BCUT2D eigenvalue weighted by atomic mass is 35.5.